The fourth-order valence-electron chi connectivity index (χ4n) is 3.18. The quantitative estimate of drug-likeness (QED) is 0.282. The number of halogens is 1. The molecule has 1 saturated heterocycles. The van der Waals surface area contributed by atoms with E-state index in [2.05, 4.69) is 55.5 Å². The SMILES string of the molecule is CCNC(=NCc1cccc(OCCN(C)C2CCOCC2)c1)NC(C)CC.I. The summed E-state index contributed by atoms with van der Waals surface area (Å²) in [7, 11) is 2.18. The molecule has 0 aliphatic carbocycles. The van der Waals surface area contributed by atoms with Crippen molar-refractivity contribution >= 4 is 29.9 Å². The van der Waals surface area contributed by atoms with Crippen LogP contribution in [0.25, 0.3) is 0 Å². The summed E-state index contributed by atoms with van der Waals surface area (Å²) >= 11 is 0. The number of hydrogen-bond acceptors (Lipinski definition) is 4. The molecule has 6 nitrogen and oxygen atoms in total. The molecule has 0 spiro atoms. The maximum atomic E-state index is 5.99. The fraction of sp³-hybridized carbons (Fsp3) is 0.682. The largest absolute Gasteiger partial charge is 0.492 e. The van der Waals surface area contributed by atoms with Crippen LogP contribution in [-0.4, -0.2) is 62.9 Å². The summed E-state index contributed by atoms with van der Waals surface area (Å²) < 4.78 is 11.4. The molecule has 0 radical (unpaired) electrons. The van der Waals surface area contributed by atoms with Crippen molar-refractivity contribution in [1.82, 2.24) is 15.5 Å². The molecule has 2 rings (SSSR count). The number of hydrogen-bond donors (Lipinski definition) is 2. The van der Waals surface area contributed by atoms with Crippen molar-refractivity contribution in [3.63, 3.8) is 0 Å². The van der Waals surface area contributed by atoms with Gasteiger partial charge in [-0.1, -0.05) is 19.1 Å². The van der Waals surface area contributed by atoms with E-state index >= 15 is 0 Å². The van der Waals surface area contributed by atoms with E-state index in [9.17, 15) is 0 Å². The second-order valence-corrected chi connectivity index (χ2v) is 7.47. The fourth-order valence-corrected chi connectivity index (χ4v) is 3.18. The van der Waals surface area contributed by atoms with Crippen molar-refractivity contribution < 1.29 is 9.47 Å². The highest BCUT2D eigenvalue weighted by molar-refractivity contribution is 14.0. The van der Waals surface area contributed by atoms with Crippen LogP contribution < -0.4 is 15.4 Å². The van der Waals surface area contributed by atoms with Crippen LogP contribution in [0.15, 0.2) is 29.3 Å². The molecule has 0 saturated carbocycles. The van der Waals surface area contributed by atoms with Crippen LogP contribution in [0.4, 0.5) is 0 Å². The Morgan fingerprint density at radius 2 is 2.07 bits per heavy atom. The average molecular weight is 518 g/mol. The smallest absolute Gasteiger partial charge is 0.191 e. The molecule has 1 unspecified atom stereocenters. The number of benzene rings is 1. The van der Waals surface area contributed by atoms with Crippen LogP contribution in [0.5, 0.6) is 5.75 Å². The van der Waals surface area contributed by atoms with Crippen LogP contribution in [0.2, 0.25) is 0 Å². The zero-order chi connectivity index (χ0) is 20.2. The van der Waals surface area contributed by atoms with Gasteiger partial charge in [-0.2, -0.15) is 0 Å². The average Bonchev–Trinajstić information content (AvgIpc) is 2.73. The number of nitrogens with zero attached hydrogens (tertiary/aromatic N) is 2. The van der Waals surface area contributed by atoms with Gasteiger partial charge in [-0.05, 0) is 57.9 Å². The Morgan fingerprint density at radius 3 is 2.76 bits per heavy atom. The van der Waals surface area contributed by atoms with Crippen molar-refractivity contribution in [3.05, 3.63) is 29.8 Å². The Kier molecular flexibility index (Phi) is 13.3. The third-order valence-corrected chi connectivity index (χ3v) is 5.18. The van der Waals surface area contributed by atoms with Crippen molar-refractivity contribution in [1.29, 1.82) is 0 Å². The molecule has 0 aromatic heterocycles. The molecule has 0 amide bonds. The molecular formula is C22H39IN4O2. The Labute approximate surface area is 193 Å². The topological polar surface area (TPSA) is 58.1 Å². The van der Waals surface area contributed by atoms with E-state index in [1.54, 1.807) is 0 Å². The maximum absolute atomic E-state index is 5.99. The van der Waals surface area contributed by atoms with Crippen LogP contribution in [0.3, 0.4) is 0 Å². The van der Waals surface area contributed by atoms with Crippen LogP contribution in [0, 0.1) is 0 Å². The third-order valence-electron chi connectivity index (χ3n) is 5.18. The summed E-state index contributed by atoms with van der Waals surface area (Å²) in [5.74, 6) is 1.77. The van der Waals surface area contributed by atoms with E-state index < -0.39 is 0 Å². The highest BCUT2D eigenvalue weighted by Crippen LogP contribution is 2.15. The van der Waals surface area contributed by atoms with Gasteiger partial charge in [-0.25, -0.2) is 4.99 Å². The predicted molar refractivity (Wildman–Crippen MR) is 132 cm³/mol. The lowest BCUT2D eigenvalue weighted by Gasteiger charge is -2.31. The summed E-state index contributed by atoms with van der Waals surface area (Å²) in [4.78, 5) is 7.09. The minimum atomic E-state index is 0. The molecule has 1 aromatic rings. The molecule has 1 heterocycles. The van der Waals surface area contributed by atoms with Crippen molar-refractivity contribution in [3.8, 4) is 5.75 Å². The van der Waals surface area contributed by atoms with Gasteiger partial charge in [0.05, 0.1) is 6.54 Å². The molecule has 0 bridgehead atoms. The number of nitrogens with one attached hydrogen (secondary N) is 2. The molecule has 1 fully saturated rings. The second kappa shape index (κ2) is 14.8. The van der Waals surface area contributed by atoms with E-state index in [1.807, 2.05) is 12.1 Å². The summed E-state index contributed by atoms with van der Waals surface area (Å²) in [6, 6.07) is 9.25. The lowest BCUT2D eigenvalue weighted by atomic mass is 10.1. The molecule has 1 aliphatic rings. The summed E-state index contributed by atoms with van der Waals surface area (Å²) in [5, 5.41) is 6.73. The standard InChI is InChI=1S/C22H38N4O2.HI/c1-5-18(3)25-22(23-6-2)24-17-19-8-7-9-21(16-19)28-15-12-26(4)20-10-13-27-14-11-20;/h7-9,16,18,20H,5-6,10-15,17H2,1-4H3,(H2,23,24,25);1H. The van der Waals surface area contributed by atoms with Gasteiger partial charge < -0.3 is 20.1 Å². The predicted octanol–water partition coefficient (Wildman–Crippen LogP) is 3.65. The van der Waals surface area contributed by atoms with Gasteiger partial charge in [0.25, 0.3) is 0 Å². The number of guanidine groups is 1. The lowest BCUT2D eigenvalue weighted by Crippen LogP contribution is -2.41. The van der Waals surface area contributed by atoms with Gasteiger partial charge >= 0.3 is 0 Å². The number of likely N-dealkylation sites (N-methyl/N-ethyl adjacent to an activating group) is 1. The first-order valence-corrected chi connectivity index (χ1v) is 10.7. The number of aliphatic imine (C=N–C) groups is 1. The summed E-state index contributed by atoms with van der Waals surface area (Å²) in [5.41, 5.74) is 1.15. The molecule has 1 atom stereocenters. The number of ether oxygens (including phenoxy) is 2. The zero-order valence-electron chi connectivity index (χ0n) is 18.4. The summed E-state index contributed by atoms with van der Waals surface area (Å²) in [6.45, 7) is 11.3. The van der Waals surface area contributed by atoms with Crippen molar-refractivity contribution in [2.75, 3.05) is 40.0 Å². The Hall–Kier alpha value is -1.06. The second-order valence-electron chi connectivity index (χ2n) is 7.47. The Bertz CT molecular complexity index is 594. The highest BCUT2D eigenvalue weighted by atomic mass is 127. The van der Waals surface area contributed by atoms with Gasteiger partial charge in [0.15, 0.2) is 5.96 Å². The molecule has 166 valence electrons. The van der Waals surface area contributed by atoms with Crippen LogP contribution >= 0.6 is 24.0 Å². The van der Waals surface area contributed by atoms with E-state index in [1.165, 1.54) is 0 Å². The minimum Gasteiger partial charge on any atom is -0.492 e. The molecule has 7 heteroatoms. The molecular weight excluding hydrogens is 479 g/mol. The maximum Gasteiger partial charge on any atom is 0.191 e. The first-order valence-electron chi connectivity index (χ1n) is 10.7. The van der Waals surface area contributed by atoms with Gasteiger partial charge in [-0.15, -0.1) is 24.0 Å². The normalized spacial score (nSPS) is 16.2. The Balaban J connectivity index is 0.00000420. The van der Waals surface area contributed by atoms with E-state index in [-0.39, 0.29) is 24.0 Å². The molecule has 1 aromatic carbocycles. The molecule has 29 heavy (non-hydrogen) atoms. The minimum absolute atomic E-state index is 0. The monoisotopic (exact) mass is 518 g/mol. The van der Waals surface area contributed by atoms with Crippen molar-refractivity contribution in [2.45, 2.75) is 58.7 Å². The molecule has 1 aliphatic heterocycles. The lowest BCUT2D eigenvalue weighted by molar-refractivity contribution is 0.0392. The van der Waals surface area contributed by atoms with Crippen LogP contribution in [0.1, 0.15) is 45.6 Å². The molecule has 2 N–H and O–H groups in total. The van der Waals surface area contributed by atoms with E-state index in [4.69, 9.17) is 14.5 Å². The first kappa shape index (κ1) is 26.0. The Morgan fingerprint density at radius 1 is 1.31 bits per heavy atom. The van der Waals surface area contributed by atoms with Gasteiger partial charge in [0.2, 0.25) is 0 Å². The third kappa shape index (κ3) is 10.00. The zero-order valence-corrected chi connectivity index (χ0v) is 20.8. The summed E-state index contributed by atoms with van der Waals surface area (Å²) in [6.07, 6.45) is 3.29. The number of rotatable bonds is 10. The van der Waals surface area contributed by atoms with Gasteiger partial charge in [0, 0.05) is 38.4 Å². The van der Waals surface area contributed by atoms with Gasteiger partial charge in [-0.3, -0.25) is 4.90 Å². The van der Waals surface area contributed by atoms with Crippen LogP contribution in [-0.2, 0) is 11.3 Å². The van der Waals surface area contributed by atoms with Gasteiger partial charge in [0.1, 0.15) is 12.4 Å². The van der Waals surface area contributed by atoms with E-state index in [0.717, 1.165) is 62.8 Å². The highest BCUT2D eigenvalue weighted by Gasteiger charge is 2.17. The van der Waals surface area contributed by atoms with Crippen molar-refractivity contribution in [2.24, 2.45) is 4.99 Å². The van der Waals surface area contributed by atoms with E-state index in [0.29, 0.717) is 25.2 Å². The first-order chi connectivity index (χ1) is 13.6.